The number of hydrogen-bond donors (Lipinski definition) is 1. The first-order valence-corrected chi connectivity index (χ1v) is 10.8. The van der Waals surface area contributed by atoms with Gasteiger partial charge in [-0.1, -0.05) is 25.1 Å². The van der Waals surface area contributed by atoms with Crippen LogP contribution in [0.4, 0.5) is 5.69 Å². The number of methoxy groups -OCH3 is 2. The van der Waals surface area contributed by atoms with Gasteiger partial charge in [-0.2, -0.15) is 0 Å². The summed E-state index contributed by atoms with van der Waals surface area (Å²) in [4.78, 5) is 32.9. The molecule has 0 bridgehead atoms. The number of benzene rings is 2. The molecule has 0 spiro atoms. The molecule has 33 heavy (non-hydrogen) atoms. The maximum atomic E-state index is 13.7. The van der Waals surface area contributed by atoms with Gasteiger partial charge in [0.05, 0.1) is 26.2 Å². The van der Waals surface area contributed by atoms with Gasteiger partial charge < -0.3 is 19.7 Å². The van der Waals surface area contributed by atoms with Crippen molar-refractivity contribution < 1.29 is 19.1 Å². The lowest BCUT2D eigenvalue weighted by molar-refractivity contribution is -0.119. The van der Waals surface area contributed by atoms with Crippen LogP contribution in [0, 0.1) is 0 Å². The molecule has 0 saturated heterocycles. The predicted molar refractivity (Wildman–Crippen MR) is 126 cm³/mol. The van der Waals surface area contributed by atoms with Crippen molar-refractivity contribution in [3.8, 4) is 11.5 Å². The lowest BCUT2D eigenvalue weighted by Gasteiger charge is -2.39. The van der Waals surface area contributed by atoms with Crippen molar-refractivity contribution in [2.24, 2.45) is 0 Å². The zero-order chi connectivity index (χ0) is 23.5. The topological polar surface area (TPSA) is 80.8 Å². The number of carbonyl (C=O) groups is 2. The van der Waals surface area contributed by atoms with Crippen LogP contribution in [0.25, 0.3) is 0 Å². The molecule has 2 aromatic carbocycles. The minimum Gasteiger partial charge on any atom is -0.493 e. The fourth-order valence-corrected chi connectivity index (χ4v) is 4.34. The zero-order valence-electron chi connectivity index (χ0n) is 19.2. The summed E-state index contributed by atoms with van der Waals surface area (Å²) in [5.41, 5.74) is 3.66. The second kappa shape index (κ2) is 9.32. The fraction of sp³-hybridized carbons (Fsp3) is 0.269. The van der Waals surface area contributed by atoms with Crippen LogP contribution in [0.3, 0.4) is 0 Å². The molecular formula is C26H27N3O4. The normalized spacial score (nSPS) is 17.3. The Morgan fingerprint density at radius 3 is 2.39 bits per heavy atom. The van der Waals surface area contributed by atoms with Gasteiger partial charge in [0.25, 0.3) is 5.91 Å². The molecule has 2 heterocycles. The molecule has 2 atom stereocenters. The van der Waals surface area contributed by atoms with Gasteiger partial charge in [0, 0.05) is 30.7 Å². The van der Waals surface area contributed by atoms with E-state index in [1.165, 1.54) is 19.8 Å². The van der Waals surface area contributed by atoms with E-state index in [-0.39, 0.29) is 11.8 Å². The monoisotopic (exact) mass is 445 g/mol. The van der Waals surface area contributed by atoms with Gasteiger partial charge in [-0.25, -0.2) is 0 Å². The highest BCUT2D eigenvalue weighted by atomic mass is 16.5. The smallest absolute Gasteiger partial charge is 0.254 e. The van der Waals surface area contributed by atoms with Crippen LogP contribution in [0.1, 0.15) is 45.9 Å². The van der Waals surface area contributed by atoms with Crippen LogP contribution < -0.4 is 14.8 Å². The number of likely N-dealkylation sites (N-methyl/N-ethyl adjacent to an activating group) is 1. The molecule has 0 radical (unpaired) electrons. The second-order valence-corrected chi connectivity index (χ2v) is 7.96. The van der Waals surface area contributed by atoms with Gasteiger partial charge in [0.15, 0.2) is 11.5 Å². The van der Waals surface area contributed by atoms with Crippen LogP contribution in [0.15, 0.2) is 60.9 Å². The Kier molecular flexibility index (Phi) is 6.31. The number of ether oxygens (including phenoxy) is 2. The molecule has 0 fully saturated rings. The highest BCUT2D eigenvalue weighted by Gasteiger charge is 2.43. The first-order valence-electron chi connectivity index (χ1n) is 10.8. The molecule has 3 aromatic rings. The lowest BCUT2D eigenvalue weighted by atomic mass is 9.79. The quantitative estimate of drug-likeness (QED) is 0.615. The molecule has 0 aliphatic carbocycles. The average Bonchev–Trinajstić information content (AvgIpc) is 2.86. The van der Waals surface area contributed by atoms with Crippen molar-refractivity contribution >= 4 is 17.5 Å². The summed E-state index contributed by atoms with van der Waals surface area (Å²) in [7, 11) is 4.75. The second-order valence-electron chi connectivity index (χ2n) is 7.96. The third kappa shape index (κ3) is 4.14. The van der Waals surface area contributed by atoms with E-state index in [1.54, 1.807) is 42.5 Å². The first kappa shape index (κ1) is 22.3. The Morgan fingerprint density at radius 2 is 1.79 bits per heavy atom. The number of amides is 2. The largest absolute Gasteiger partial charge is 0.493 e. The van der Waals surface area contributed by atoms with E-state index in [9.17, 15) is 9.59 Å². The average molecular weight is 446 g/mol. The SMILES string of the molecule is CCc1ccc(NC(=O)[C@H]2c3cc(OC)c(OC)cc3C(=O)N(C)[C@@H]2c2cccnc2)cc1. The number of anilines is 1. The van der Waals surface area contributed by atoms with Crippen molar-refractivity contribution in [2.45, 2.75) is 25.3 Å². The van der Waals surface area contributed by atoms with Gasteiger partial charge in [0.2, 0.25) is 5.91 Å². The third-order valence-corrected chi connectivity index (χ3v) is 6.11. The molecule has 7 heteroatoms. The van der Waals surface area contributed by atoms with Gasteiger partial charge in [-0.3, -0.25) is 14.6 Å². The molecular weight excluding hydrogens is 418 g/mol. The van der Waals surface area contributed by atoms with Crippen LogP contribution in [-0.2, 0) is 11.2 Å². The van der Waals surface area contributed by atoms with Crippen LogP contribution in [0.5, 0.6) is 11.5 Å². The van der Waals surface area contributed by atoms with Crippen molar-refractivity contribution in [1.82, 2.24) is 9.88 Å². The van der Waals surface area contributed by atoms with Crippen molar-refractivity contribution in [3.63, 3.8) is 0 Å². The predicted octanol–water partition coefficient (Wildman–Crippen LogP) is 4.21. The molecule has 0 saturated carbocycles. The summed E-state index contributed by atoms with van der Waals surface area (Å²) in [5.74, 6) is -0.203. The molecule has 1 N–H and O–H groups in total. The summed E-state index contributed by atoms with van der Waals surface area (Å²) in [5, 5.41) is 3.04. The Bertz CT molecular complexity index is 1160. The molecule has 2 amide bonds. The Hall–Kier alpha value is -3.87. The standard InChI is InChI=1S/C26H27N3O4/c1-5-16-8-10-18(11-9-16)28-25(30)23-19-13-21(32-3)22(33-4)14-20(19)26(31)29(2)24(23)17-7-6-12-27-15-17/h6-15,23-24H,5H2,1-4H3,(H,28,30)/t23-,24+/m0/s1. The van der Waals surface area contributed by atoms with E-state index in [1.807, 2.05) is 30.3 Å². The van der Waals surface area contributed by atoms with E-state index in [0.29, 0.717) is 28.3 Å². The summed E-state index contributed by atoms with van der Waals surface area (Å²) in [6.07, 6.45) is 4.28. The number of hydrogen-bond acceptors (Lipinski definition) is 5. The van der Waals surface area contributed by atoms with E-state index in [2.05, 4.69) is 17.2 Å². The number of aromatic nitrogens is 1. The summed E-state index contributed by atoms with van der Waals surface area (Å²) >= 11 is 0. The number of nitrogens with zero attached hydrogens (tertiary/aromatic N) is 2. The Balaban J connectivity index is 1.84. The number of pyridine rings is 1. The van der Waals surface area contributed by atoms with E-state index in [0.717, 1.165) is 12.0 Å². The van der Waals surface area contributed by atoms with Crippen LogP contribution in [-0.4, -0.2) is 43.0 Å². The molecule has 0 unspecified atom stereocenters. The molecule has 1 aliphatic heterocycles. The highest BCUT2D eigenvalue weighted by molar-refractivity contribution is 6.04. The Labute approximate surface area is 193 Å². The van der Waals surface area contributed by atoms with E-state index in [4.69, 9.17) is 9.47 Å². The van der Waals surface area contributed by atoms with Crippen LogP contribution in [0.2, 0.25) is 0 Å². The Morgan fingerprint density at radius 1 is 1.09 bits per heavy atom. The summed E-state index contributed by atoms with van der Waals surface area (Å²) < 4.78 is 10.9. The number of carbonyl (C=O) groups excluding carboxylic acids is 2. The lowest BCUT2D eigenvalue weighted by Crippen LogP contribution is -2.44. The van der Waals surface area contributed by atoms with Crippen molar-refractivity contribution in [3.05, 3.63) is 83.2 Å². The fourth-order valence-electron chi connectivity index (χ4n) is 4.34. The molecule has 1 aliphatic rings. The van der Waals surface area contributed by atoms with E-state index >= 15 is 0 Å². The van der Waals surface area contributed by atoms with Gasteiger partial charge in [-0.05, 0) is 53.4 Å². The highest BCUT2D eigenvalue weighted by Crippen LogP contribution is 2.45. The number of aryl methyl sites for hydroxylation is 1. The molecule has 170 valence electrons. The molecule has 4 rings (SSSR count). The summed E-state index contributed by atoms with van der Waals surface area (Å²) in [6.45, 7) is 2.08. The maximum Gasteiger partial charge on any atom is 0.254 e. The molecule has 1 aromatic heterocycles. The van der Waals surface area contributed by atoms with Crippen molar-refractivity contribution in [1.29, 1.82) is 0 Å². The molecule has 7 nitrogen and oxygen atoms in total. The van der Waals surface area contributed by atoms with Gasteiger partial charge >= 0.3 is 0 Å². The number of fused-ring (bicyclic) bond motifs is 1. The number of rotatable bonds is 6. The first-order chi connectivity index (χ1) is 16.0. The van der Waals surface area contributed by atoms with Crippen molar-refractivity contribution in [2.75, 3.05) is 26.6 Å². The number of nitrogens with one attached hydrogen (secondary N) is 1. The van der Waals surface area contributed by atoms with Crippen LogP contribution >= 0.6 is 0 Å². The zero-order valence-corrected chi connectivity index (χ0v) is 19.2. The van der Waals surface area contributed by atoms with E-state index < -0.39 is 12.0 Å². The van der Waals surface area contributed by atoms with Gasteiger partial charge in [-0.15, -0.1) is 0 Å². The third-order valence-electron chi connectivity index (χ3n) is 6.11. The maximum absolute atomic E-state index is 13.7. The van der Waals surface area contributed by atoms with Gasteiger partial charge in [0.1, 0.15) is 0 Å². The summed E-state index contributed by atoms with van der Waals surface area (Å²) in [6, 6.07) is 14.3. The minimum atomic E-state index is -0.683. The minimum absolute atomic E-state index is 0.198.